The van der Waals surface area contributed by atoms with Crippen molar-refractivity contribution in [3.05, 3.63) is 29.8 Å². The van der Waals surface area contributed by atoms with Crippen LogP contribution in [0.4, 0.5) is 5.69 Å². The molecule has 1 aliphatic heterocycles. The summed E-state index contributed by atoms with van der Waals surface area (Å²) in [7, 11) is 0. The molecule has 0 radical (unpaired) electrons. The van der Waals surface area contributed by atoms with E-state index >= 15 is 0 Å². The van der Waals surface area contributed by atoms with Crippen molar-refractivity contribution in [2.75, 3.05) is 5.32 Å². The highest BCUT2D eigenvalue weighted by atomic mass is 16.2. The predicted octanol–water partition coefficient (Wildman–Crippen LogP) is 2.54. The fraction of sp³-hybridized carbons (Fsp3) is 0.579. The highest BCUT2D eigenvalue weighted by molar-refractivity contribution is 5.95. The van der Waals surface area contributed by atoms with Gasteiger partial charge in [0.1, 0.15) is 0 Å². The Hall–Kier alpha value is -1.88. The van der Waals surface area contributed by atoms with Gasteiger partial charge in [-0.1, -0.05) is 38.8 Å². The fourth-order valence-corrected chi connectivity index (χ4v) is 3.62. The van der Waals surface area contributed by atoms with Crippen molar-refractivity contribution in [2.45, 2.75) is 70.0 Å². The van der Waals surface area contributed by atoms with Crippen molar-refractivity contribution in [1.29, 1.82) is 0 Å². The molecule has 1 aliphatic carbocycles. The van der Waals surface area contributed by atoms with E-state index in [1.165, 1.54) is 18.4 Å². The van der Waals surface area contributed by atoms with E-state index in [1.54, 1.807) is 0 Å². The van der Waals surface area contributed by atoms with Gasteiger partial charge in [-0.2, -0.15) is 0 Å². The lowest BCUT2D eigenvalue weighted by molar-refractivity contribution is -0.129. The Morgan fingerprint density at radius 2 is 1.83 bits per heavy atom. The zero-order valence-corrected chi connectivity index (χ0v) is 14.5. The Morgan fingerprint density at radius 1 is 1.17 bits per heavy atom. The molecule has 3 N–H and O–H groups in total. The number of carbonyl (C=O) groups is 2. The number of hydrogen-bond donors (Lipinski definition) is 3. The predicted molar refractivity (Wildman–Crippen MR) is 94.9 cm³/mol. The zero-order valence-electron chi connectivity index (χ0n) is 14.5. The molecule has 1 aromatic rings. The van der Waals surface area contributed by atoms with Crippen molar-refractivity contribution in [3.8, 4) is 0 Å². The van der Waals surface area contributed by atoms with Crippen molar-refractivity contribution < 1.29 is 9.59 Å². The average molecular weight is 329 g/mol. The fourth-order valence-electron chi connectivity index (χ4n) is 3.62. The summed E-state index contributed by atoms with van der Waals surface area (Å²) in [5.41, 5.74) is 2.01. The smallest absolute Gasteiger partial charge is 0.237 e. The van der Waals surface area contributed by atoms with Crippen LogP contribution in [0.2, 0.25) is 0 Å². The van der Waals surface area contributed by atoms with E-state index in [9.17, 15) is 9.59 Å². The molecule has 130 valence electrons. The molecule has 0 spiro atoms. The molecule has 2 fully saturated rings. The summed E-state index contributed by atoms with van der Waals surface area (Å²) >= 11 is 0. The Morgan fingerprint density at radius 3 is 2.50 bits per heavy atom. The number of hydrogen-bond acceptors (Lipinski definition) is 3. The molecular formula is C19H27N3O2. The maximum Gasteiger partial charge on any atom is 0.237 e. The summed E-state index contributed by atoms with van der Waals surface area (Å²) in [6.07, 6.45) is 4.62. The minimum absolute atomic E-state index is 0.0524. The van der Waals surface area contributed by atoms with Gasteiger partial charge in [-0.15, -0.1) is 0 Å². The number of benzene rings is 1. The van der Waals surface area contributed by atoms with E-state index in [0.29, 0.717) is 12.0 Å². The molecule has 1 aromatic carbocycles. The van der Waals surface area contributed by atoms with Crippen LogP contribution in [-0.4, -0.2) is 29.9 Å². The molecule has 0 aromatic heterocycles. The minimum atomic E-state index is -0.431. The highest BCUT2D eigenvalue weighted by Gasteiger charge is 2.36. The molecule has 0 bridgehead atoms. The second-order valence-corrected chi connectivity index (χ2v) is 7.25. The van der Waals surface area contributed by atoms with Crippen molar-refractivity contribution in [3.63, 3.8) is 0 Å². The summed E-state index contributed by atoms with van der Waals surface area (Å²) < 4.78 is 0. The van der Waals surface area contributed by atoms with Crippen LogP contribution in [-0.2, 0) is 9.59 Å². The maximum atomic E-state index is 12.3. The van der Waals surface area contributed by atoms with E-state index in [4.69, 9.17) is 0 Å². The van der Waals surface area contributed by atoms with Gasteiger partial charge in [0, 0.05) is 17.8 Å². The zero-order chi connectivity index (χ0) is 17.1. The highest BCUT2D eigenvalue weighted by Crippen LogP contribution is 2.22. The van der Waals surface area contributed by atoms with Crippen LogP contribution in [0.1, 0.15) is 57.4 Å². The van der Waals surface area contributed by atoms with Crippen LogP contribution >= 0.6 is 0 Å². The summed E-state index contributed by atoms with van der Waals surface area (Å²) in [6.45, 7) is 4.28. The Balaban J connectivity index is 1.55. The topological polar surface area (TPSA) is 70.2 Å². The van der Waals surface area contributed by atoms with Gasteiger partial charge < -0.3 is 16.0 Å². The van der Waals surface area contributed by atoms with E-state index in [1.807, 2.05) is 24.3 Å². The largest absolute Gasteiger partial charge is 0.350 e. The molecule has 2 amide bonds. The maximum absolute atomic E-state index is 12.3. The van der Waals surface area contributed by atoms with E-state index in [0.717, 1.165) is 18.5 Å². The third kappa shape index (κ3) is 3.96. The number of amides is 2. The second kappa shape index (κ2) is 7.34. The number of fused-ring (bicyclic) bond motifs is 1. The molecule has 1 heterocycles. The van der Waals surface area contributed by atoms with Crippen LogP contribution in [0.25, 0.3) is 0 Å². The molecule has 1 saturated heterocycles. The first-order valence-corrected chi connectivity index (χ1v) is 8.99. The average Bonchev–Trinajstić information content (AvgIpc) is 2.56. The summed E-state index contributed by atoms with van der Waals surface area (Å²) in [6, 6.07) is 7.99. The molecule has 3 unspecified atom stereocenters. The first kappa shape index (κ1) is 17.0. The lowest BCUT2D eigenvalue weighted by atomic mass is 9.87. The van der Waals surface area contributed by atoms with Gasteiger partial charge in [0.15, 0.2) is 0 Å². The van der Waals surface area contributed by atoms with Gasteiger partial charge in [0.2, 0.25) is 11.8 Å². The second-order valence-electron chi connectivity index (χ2n) is 7.25. The van der Waals surface area contributed by atoms with Gasteiger partial charge in [-0.25, -0.2) is 0 Å². The van der Waals surface area contributed by atoms with Crippen LogP contribution in [0, 0.1) is 0 Å². The van der Waals surface area contributed by atoms with Gasteiger partial charge in [0.05, 0.1) is 12.5 Å². The third-order valence-electron chi connectivity index (χ3n) is 5.08. The van der Waals surface area contributed by atoms with Crippen LogP contribution in [0.15, 0.2) is 24.3 Å². The first-order chi connectivity index (χ1) is 11.5. The number of rotatable bonds is 4. The molecule has 5 nitrogen and oxygen atoms in total. The monoisotopic (exact) mass is 329 g/mol. The van der Waals surface area contributed by atoms with E-state index in [-0.39, 0.29) is 24.3 Å². The molecule has 3 atom stereocenters. The van der Waals surface area contributed by atoms with Gasteiger partial charge in [0.25, 0.3) is 0 Å². The normalized spacial score (nSPS) is 26.6. The molecule has 24 heavy (non-hydrogen) atoms. The summed E-state index contributed by atoms with van der Waals surface area (Å²) in [4.78, 5) is 24.5. The first-order valence-electron chi connectivity index (χ1n) is 8.99. The van der Waals surface area contributed by atoms with Crippen molar-refractivity contribution in [1.82, 2.24) is 10.6 Å². The van der Waals surface area contributed by atoms with Gasteiger partial charge >= 0.3 is 0 Å². The minimum Gasteiger partial charge on any atom is -0.350 e. The number of anilines is 1. The standard InChI is InChI=1S/C19H27N3O2/c1-12(2)13-7-9-14(10-8-13)20-18(23)11-17-19(24)22-16-6-4-3-5-15(16)21-17/h7-10,12,15-17,21H,3-6,11H2,1-2H3,(H,20,23)(H,22,24). The van der Waals surface area contributed by atoms with E-state index in [2.05, 4.69) is 29.8 Å². The molecule has 1 saturated carbocycles. The molecule has 5 heteroatoms. The van der Waals surface area contributed by atoms with Crippen LogP contribution in [0.5, 0.6) is 0 Å². The van der Waals surface area contributed by atoms with E-state index < -0.39 is 6.04 Å². The van der Waals surface area contributed by atoms with Crippen molar-refractivity contribution >= 4 is 17.5 Å². The lowest BCUT2D eigenvalue weighted by Crippen LogP contribution is -2.65. The number of piperazine rings is 1. The van der Waals surface area contributed by atoms with Crippen LogP contribution in [0.3, 0.4) is 0 Å². The van der Waals surface area contributed by atoms with Gasteiger partial charge in [-0.05, 0) is 36.5 Å². The number of carbonyl (C=O) groups excluding carboxylic acids is 2. The third-order valence-corrected chi connectivity index (χ3v) is 5.08. The Kier molecular flexibility index (Phi) is 5.19. The molecular weight excluding hydrogens is 302 g/mol. The quantitative estimate of drug-likeness (QED) is 0.795. The molecule has 3 rings (SSSR count). The van der Waals surface area contributed by atoms with Crippen LogP contribution < -0.4 is 16.0 Å². The lowest BCUT2D eigenvalue weighted by Gasteiger charge is -2.40. The Labute approximate surface area is 143 Å². The van der Waals surface area contributed by atoms with Gasteiger partial charge in [-0.3, -0.25) is 9.59 Å². The summed E-state index contributed by atoms with van der Waals surface area (Å²) in [5.74, 6) is 0.283. The summed E-state index contributed by atoms with van der Waals surface area (Å²) in [5, 5.41) is 9.34. The number of nitrogens with one attached hydrogen (secondary N) is 3. The SMILES string of the molecule is CC(C)c1ccc(NC(=O)CC2NC3CCCCC3NC2=O)cc1. The van der Waals surface area contributed by atoms with Crippen molar-refractivity contribution in [2.24, 2.45) is 0 Å². The molecule has 2 aliphatic rings. The Bertz CT molecular complexity index is 597.